The minimum Gasteiger partial charge on any atom is -0.380 e. The number of halogens is 3. The van der Waals surface area contributed by atoms with Crippen LogP contribution < -0.4 is 4.90 Å². The quantitative estimate of drug-likeness (QED) is 0.872. The van der Waals surface area contributed by atoms with Gasteiger partial charge in [0.05, 0.1) is 18.8 Å². The monoisotopic (exact) mass is 299 g/mol. The minimum atomic E-state index is -4.52. The fraction of sp³-hybridized carbons (Fsp3) is 0.417. The Balaban J connectivity index is 1.83. The molecule has 0 bridgehead atoms. The van der Waals surface area contributed by atoms with Crippen LogP contribution in [-0.2, 0) is 11.8 Å². The standard InChI is InChI=1S/C12H12F3N5O/c1-7-4-9(12(13,14)15)18-10(17-7)20-5-11(21,6-20)8-2-3-16-19-8/h2-4,21H,5-6H2,1H3,(H,16,19). The molecule has 2 N–H and O–H groups in total. The second kappa shape index (κ2) is 4.42. The maximum Gasteiger partial charge on any atom is 0.433 e. The van der Waals surface area contributed by atoms with Crippen LogP contribution >= 0.6 is 0 Å². The van der Waals surface area contributed by atoms with Gasteiger partial charge in [-0.25, -0.2) is 9.97 Å². The van der Waals surface area contributed by atoms with Crippen molar-refractivity contribution in [3.05, 3.63) is 35.4 Å². The molecule has 1 aliphatic rings. The Morgan fingerprint density at radius 3 is 2.62 bits per heavy atom. The van der Waals surface area contributed by atoms with E-state index in [-0.39, 0.29) is 24.7 Å². The zero-order valence-corrected chi connectivity index (χ0v) is 11.0. The molecule has 9 heteroatoms. The molecule has 0 aliphatic carbocycles. The minimum absolute atomic E-state index is 0.0356. The fourth-order valence-corrected chi connectivity index (χ4v) is 2.25. The van der Waals surface area contributed by atoms with Crippen LogP contribution in [0.5, 0.6) is 0 Å². The van der Waals surface area contributed by atoms with Gasteiger partial charge in [0.1, 0.15) is 11.3 Å². The molecule has 0 aromatic carbocycles. The number of aryl methyl sites for hydroxylation is 1. The number of nitrogens with zero attached hydrogens (tertiary/aromatic N) is 4. The summed E-state index contributed by atoms with van der Waals surface area (Å²) in [5.41, 5.74) is -1.41. The largest absolute Gasteiger partial charge is 0.433 e. The molecule has 21 heavy (non-hydrogen) atoms. The number of aliphatic hydroxyl groups is 1. The third-order valence-corrected chi connectivity index (χ3v) is 3.32. The summed E-state index contributed by atoms with van der Waals surface area (Å²) in [5.74, 6) is -0.0356. The second-order valence-electron chi connectivity index (χ2n) is 5.05. The maximum atomic E-state index is 12.7. The molecule has 1 fully saturated rings. The number of aromatic nitrogens is 4. The summed E-state index contributed by atoms with van der Waals surface area (Å²) in [6.07, 6.45) is -3.02. The molecule has 1 aliphatic heterocycles. The highest BCUT2D eigenvalue weighted by Crippen LogP contribution is 2.34. The van der Waals surface area contributed by atoms with E-state index in [4.69, 9.17) is 0 Å². The third kappa shape index (κ3) is 2.44. The number of hydrogen-bond acceptors (Lipinski definition) is 5. The predicted octanol–water partition coefficient (Wildman–Crippen LogP) is 1.23. The summed E-state index contributed by atoms with van der Waals surface area (Å²) < 4.78 is 38.2. The number of hydrogen-bond donors (Lipinski definition) is 2. The van der Waals surface area contributed by atoms with Gasteiger partial charge in [-0.2, -0.15) is 18.3 Å². The van der Waals surface area contributed by atoms with E-state index in [1.165, 1.54) is 18.0 Å². The number of rotatable bonds is 2. The van der Waals surface area contributed by atoms with Crippen LogP contribution in [0.15, 0.2) is 18.3 Å². The van der Waals surface area contributed by atoms with E-state index in [0.717, 1.165) is 6.07 Å². The highest BCUT2D eigenvalue weighted by atomic mass is 19.4. The van der Waals surface area contributed by atoms with Crippen molar-refractivity contribution in [1.29, 1.82) is 0 Å². The van der Waals surface area contributed by atoms with Crippen molar-refractivity contribution in [3.8, 4) is 0 Å². The normalized spacial score (nSPS) is 17.7. The number of alkyl halides is 3. The molecule has 0 spiro atoms. The summed E-state index contributed by atoms with van der Waals surface area (Å²) in [7, 11) is 0. The number of β-amino-alcohol motifs (C(OH)–C–C–N with tert-alkyl or cyclic N) is 1. The van der Waals surface area contributed by atoms with Crippen LogP contribution in [0.4, 0.5) is 19.1 Å². The summed E-state index contributed by atoms with van der Waals surface area (Å²) in [5, 5.41) is 16.7. The van der Waals surface area contributed by atoms with Crippen molar-refractivity contribution in [2.75, 3.05) is 18.0 Å². The zero-order valence-electron chi connectivity index (χ0n) is 11.0. The van der Waals surface area contributed by atoms with Crippen molar-refractivity contribution >= 4 is 5.95 Å². The van der Waals surface area contributed by atoms with E-state index in [1.807, 2.05) is 0 Å². The van der Waals surface area contributed by atoms with Gasteiger partial charge in [-0.15, -0.1) is 0 Å². The Labute approximate surface area is 117 Å². The fourth-order valence-electron chi connectivity index (χ4n) is 2.25. The van der Waals surface area contributed by atoms with Gasteiger partial charge < -0.3 is 10.0 Å². The Hall–Kier alpha value is -2.16. The number of anilines is 1. The highest BCUT2D eigenvalue weighted by Gasteiger charge is 2.45. The molecule has 112 valence electrons. The molecule has 6 nitrogen and oxygen atoms in total. The van der Waals surface area contributed by atoms with E-state index in [2.05, 4.69) is 20.2 Å². The first-order valence-electron chi connectivity index (χ1n) is 6.18. The molecule has 0 amide bonds. The van der Waals surface area contributed by atoms with Gasteiger partial charge >= 0.3 is 6.18 Å². The van der Waals surface area contributed by atoms with E-state index in [9.17, 15) is 18.3 Å². The van der Waals surface area contributed by atoms with Crippen molar-refractivity contribution in [2.45, 2.75) is 18.7 Å². The van der Waals surface area contributed by atoms with Gasteiger partial charge in [0.25, 0.3) is 0 Å². The molecular formula is C12H12F3N5O. The number of aromatic amines is 1. The van der Waals surface area contributed by atoms with Crippen molar-refractivity contribution in [1.82, 2.24) is 20.2 Å². The van der Waals surface area contributed by atoms with Gasteiger partial charge in [-0.05, 0) is 19.1 Å². The molecule has 3 heterocycles. The van der Waals surface area contributed by atoms with Gasteiger partial charge in [0.15, 0.2) is 0 Å². The van der Waals surface area contributed by atoms with Crippen molar-refractivity contribution in [2.24, 2.45) is 0 Å². The smallest absolute Gasteiger partial charge is 0.380 e. The predicted molar refractivity (Wildman–Crippen MR) is 66.5 cm³/mol. The van der Waals surface area contributed by atoms with Gasteiger partial charge in [-0.1, -0.05) is 0 Å². The van der Waals surface area contributed by atoms with E-state index in [0.29, 0.717) is 5.69 Å². The third-order valence-electron chi connectivity index (χ3n) is 3.32. The lowest BCUT2D eigenvalue weighted by atomic mass is 9.91. The van der Waals surface area contributed by atoms with E-state index >= 15 is 0 Å². The molecule has 1 saturated heterocycles. The van der Waals surface area contributed by atoms with Crippen molar-refractivity contribution < 1.29 is 18.3 Å². The maximum absolute atomic E-state index is 12.7. The Bertz CT molecular complexity index is 649. The molecule has 3 rings (SSSR count). The lowest BCUT2D eigenvalue weighted by molar-refractivity contribution is -0.141. The lowest BCUT2D eigenvalue weighted by Crippen LogP contribution is -2.60. The van der Waals surface area contributed by atoms with Crippen LogP contribution in [0, 0.1) is 6.92 Å². The molecule has 0 atom stereocenters. The van der Waals surface area contributed by atoms with Crippen LogP contribution in [0.25, 0.3) is 0 Å². The van der Waals surface area contributed by atoms with Crippen molar-refractivity contribution in [3.63, 3.8) is 0 Å². The second-order valence-corrected chi connectivity index (χ2v) is 5.05. The molecule has 0 unspecified atom stereocenters. The van der Waals surface area contributed by atoms with Gasteiger partial charge in [-0.3, -0.25) is 5.10 Å². The zero-order chi connectivity index (χ0) is 15.3. The average Bonchev–Trinajstić information content (AvgIpc) is 2.87. The summed E-state index contributed by atoms with van der Waals surface area (Å²) >= 11 is 0. The Kier molecular flexibility index (Phi) is 2.90. The Morgan fingerprint density at radius 1 is 1.33 bits per heavy atom. The van der Waals surface area contributed by atoms with Crippen LogP contribution in [0.3, 0.4) is 0 Å². The molecule has 2 aromatic heterocycles. The van der Waals surface area contributed by atoms with Gasteiger partial charge in [0, 0.05) is 11.9 Å². The molecule has 2 aromatic rings. The average molecular weight is 299 g/mol. The number of nitrogens with one attached hydrogen (secondary N) is 1. The van der Waals surface area contributed by atoms with Crippen LogP contribution in [0.1, 0.15) is 17.1 Å². The summed E-state index contributed by atoms with van der Waals surface area (Å²) in [6, 6.07) is 2.51. The van der Waals surface area contributed by atoms with E-state index in [1.54, 1.807) is 6.07 Å². The Morgan fingerprint density at radius 2 is 2.05 bits per heavy atom. The first-order valence-corrected chi connectivity index (χ1v) is 6.18. The highest BCUT2D eigenvalue weighted by molar-refractivity contribution is 5.41. The summed E-state index contributed by atoms with van der Waals surface area (Å²) in [4.78, 5) is 9.01. The topological polar surface area (TPSA) is 77.9 Å². The molecule has 0 saturated carbocycles. The van der Waals surface area contributed by atoms with Crippen LogP contribution in [0.2, 0.25) is 0 Å². The number of H-pyrrole nitrogens is 1. The summed E-state index contributed by atoms with van der Waals surface area (Å²) in [6.45, 7) is 1.69. The first kappa shape index (κ1) is 13.8. The van der Waals surface area contributed by atoms with Gasteiger partial charge in [0.2, 0.25) is 5.95 Å². The molecule has 0 radical (unpaired) electrons. The molecular weight excluding hydrogens is 287 g/mol. The lowest BCUT2D eigenvalue weighted by Gasteiger charge is -2.45. The van der Waals surface area contributed by atoms with E-state index < -0.39 is 17.5 Å². The van der Waals surface area contributed by atoms with Crippen LogP contribution in [-0.4, -0.2) is 38.4 Å². The first-order chi connectivity index (χ1) is 9.78. The SMILES string of the molecule is Cc1cc(C(F)(F)F)nc(N2CC(O)(c3ccn[nH]3)C2)n1.